The maximum Gasteiger partial charge on any atom is 0.219 e. The Hall–Kier alpha value is -3.20. The minimum Gasteiger partial charge on any atom is -0.512 e. The summed E-state index contributed by atoms with van der Waals surface area (Å²) in [5, 5.41) is 14.2. The summed E-state index contributed by atoms with van der Waals surface area (Å²) in [4.78, 5) is 22.2. The molecular weight excluding hydrogens is 432 g/mol. The van der Waals surface area contributed by atoms with Gasteiger partial charge in [0, 0.05) is 48.6 Å². The van der Waals surface area contributed by atoms with E-state index < -0.39 is 9.84 Å². The van der Waals surface area contributed by atoms with Crippen LogP contribution < -0.4 is 4.74 Å². The van der Waals surface area contributed by atoms with Gasteiger partial charge in [0.15, 0.2) is 15.6 Å². The number of aliphatic hydroxyl groups is 1. The van der Waals surface area contributed by atoms with Crippen molar-refractivity contribution in [2.45, 2.75) is 43.4 Å². The number of ether oxygens (including phenoxy) is 1. The van der Waals surface area contributed by atoms with Crippen LogP contribution in [0.2, 0.25) is 0 Å². The van der Waals surface area contributed by atoms with E-state index >= 15 is 0 Å². The first-order chi connectivity index (χ1) is 15.3. The lowest BCUT2D eigenvalue weighted by molar-refractivity contribution is -0.116. The second kappa shape index (κ2) is 10.4. The van der Waals surface area contributed by atoms with Gasteiger partial charge < -0.3 is 14.7 Å². The van der Waals surface area contributed by atoms with Gasteiger partial charge in [0.1, 0.15) is 12.4 Å². The smallest absolute Gasteiger partial charge is 0.219 e. The highest BCUT2D eigenvalue weighted by atomic mass is 32.2. The molecule has 0 radical (unpaired) electrons. The molecule has 0 amide bonds. The van der Waals surface area contributed by atoms with Crippen molar-refractivity contribution >= 4 is 21.8 Å². The molecule has 3 rings (SSSR count). The number of carbonyl (C=O) groups excluding carboxylic acids is 1. The Bertz CT molecular complexity index is 1120. The number of pyridine rings is 1. The molecule has 0 saturated heterocycles. The van der Waals surface area contributed by atoms with Crippen molar-refractivity contribution in [3.05, 3.63) is 59.5 Å². The summed E-state index contributed by atoms with van der Waals surface area (Å²) < 4.78 is 28.9. The number of hydrogen-bond donors (Lipinski definition) is 1. The Kier molecular flexibility index (Phi) is 7.63. The first kappa shape index (κ1) is 23.5. The molecule has 2 aromatic rings. The largest absolute Gasteiger partial charge is 0.512 e. The van der Waals surface area contributed by atoms with Crippen LogP contribution in [-0.2, 0) is 19.5 Å². The minimum absolute atomic E-state index is 0.0838. The van der Waals surface area contributed by atoms with Gasteiger partial charge in [0.25, 0.3) is 0 Å². The van der Waals surface area contributed by atoms with E-state index in [2.05, 4.69) is 10.1 Å². The molecule has 0 saturated carbocycles. The Morgan fingerprint density at radius 1 is 1.19 bits per heavy atom. The van der Waals surface area contributed by atoms with Gasteiger partial charge in [-0.05, 0) is 50.1 Å². The predicted molar refractivity (Wildman–Crippen MR) is 120 cm³/mol. The second-order valence-electron chi connectivity index (χ2n) is 7.44. The Morgan fingerprint density at radius 2 is 1.94 bits per heavy atom. The number of sulfone groups is 1. The van der Waals surface area contributed by atoms with Gasteiger partial charge in [-0.3, -0.25) is 4.79 Å². The summed E-state index contributed by atoms with van der Waals surface area (Å²) in [6.45, 7) is 2.31. The van der Waals surface area contributed by atoms with E-state index in [1.54, 1.807) is 36.5 Å². The van der Waals surface area contributed by atoms with Gasteiger partial charge >= 0.3 is 0 Å². The molecule has 1 unspecified atom stereocenters. The molecule has 0 aliphatic heterocycles. The van der Waals surface area contributed by atoms with Crippen molar-refractivity contribution in [3.8, 4) is 11.6 Å². The number of Topliss-reactive ketones (excluding diaryl/α,β-unsaturated/α-hetero) is 1. The van der Waals surface area contributed by atoms with E-state index in [0.717, 1.165) is 6.26 Å². The summed E-state index contributed by atoms with van der Waals surface area (Å²) in [6.07, 6.45) is 4.23. The molecule has 0 bridgehead atoms. The van der Waals surface area contributed by atoms with Crippen LogP contribution in [-0.4, -0.2) is 43.4 Å². The highest BCUT2D eigenvalue weighted by molar-refractivity contribution is 7.90. The fourth-order valence-electron chi connectivity index (χ4n) is 3.41. The number of aromatic nitrogens is 1. The summed E-state index contributed by atoms with van der Waals surface area (Å²) in [7, 11) is -3.28. The Balaban J connectivity index is 1.68. The SMILES string of the molecule is CCON=CCCC1=C(O)CC(c2cccc(Oc3ccc(S(C)(=O)=O)cc3)n2)CC1=O. The van der Waals surface area contributed by atoms with Crippen LogP contribution in [0.25, 0.3) is 0 Å². The normalized spacial score (nSPS) is 17.1. The average Bonchev–Trinajstić information content (AvgIpc) is 2.75. The van der Waals surface area contributed by atoms with Crippen LogP contribution >= 0.6 is 0 Å². The lowest BCUT2D eigenvalue weighted by Gasteiger charge is -2.23. The van der Waals surface area contributed by atoms with Crippen molar-refractivity contribution in [1.29, 1.82) is 0 Å². The van der Waals surface area contributed by atoms with Crippen LogP contribution in [0.15, 0.2) is 63.8 Å². The third kappa shape index (κ3) is 6.16. The molecule has 32 heavy (non-hydrogen) atoms. The minimum atomic E-state index is -3.28. The van der Waals surface area contributed by atoms with Gasteiger partial charge in [-0.15, -0.1) is 0 Å². The number of benzene rings is 1. The molecular formula is C23H26N2O6S. The van der Waals surface area contributed by atoms with Crippen LogP contribution in [0.3, 0.4) is 0 Å². The zero-order valence-corrected chi connectivity index (χ0v) is 18.8. The number of aliphatic hydroxyl groups excluding tert-OH is 1. The van der Waals surface area contributed by atoms with E-state index in [4.69, 9.17) is 9.57 Å². The van der Waals surface area contributed by atoms with Gasteiger partial charge in [0.05, 0.1) is 10.7 Å². The molecule has 1 aromatic carbocycles. The van der Waals surface area contributed by atoms with Gasteiger partial charge in [-0.25, -0.2) is 13.4 Å². The molecule has 170 valence electrons. The lowest BCUT2D eigenvalue weighted by Crippen LogP contribution is -2.19. The van der Waals surface area contributed by atoms with Crippen molar-refractivity contribution in [2.24, 2.45) is 5.16 Å². The average molecular weight is 459 g/mol. The van der Waals surface area contributed by atoms with E-state index in [1.807, 2.05) is 6.92 Å². The Labute approximate surface area is 187 Å². The molecule has 0 fully saturated rings. The molecule has 9 heteroatoms. The van der Waals surface area contributed by atoms with Crippen LogP contribution in [0, 0.1) is 0 Å². The number of rotatable bonds is 9. The summed E-state index contributed by atoms with van der Waals surface area (Å²) in [5.74, 6) is 0.497. The highest BCUT2D eigenvalue weighted by Crippen LogP contribution is 2.35. The number of nitrogens with zero attached hydrogens (tertiary/aromatic N) is 2. The quantitative estimate of drug-likeness (QED) is 0.439. The number of ketones is 1. The molecule has 1 heterocycles. The van der Waals surface area contributed by atoms with E-state index in [0.29, 0.717) is 48.8 Å². The number of allylic oxidation sites excluding steroid dienone is 2. The van der Waals surface area contributed by atoms with Crippen molar-refractivity contribution in [1.82, 2.24) is 4.98 Å². The lowest BCUT2D eigenvalue weighted by atomic mass is 9.83. The van der Waals surface area contributed by atoms with Crippen LogP contribution in [0.4, 0.5) is 0 Å². The topological polar surface area (TPSA) is 115 Å². The molecule has 1 aliphatic rings. The zero-order chi connectivity index (χ0) is 23.1. The summed E-state index contributed by atoms with van der Waals surface area (Å²) in [5.41, 5.74) is 1.08. The maximum absolute atomic E-state index is 12.6. The van der Waals surface area contributed by atoms with Crippen LogP contribution in [0.1, 0.15) is 44.2 Å². The first-order valence-corrected chi connectivity index (χ1v) is 12.2. The first-order valence-electron chi connectivity index (χ1n) is 10.3. The zero-order valence-electron chi connectivity index (χ0n) is 18.0. The predicted octanol–water partition coefficient (Wildman–Crippen LogP) is 4.34. The van der Waals surface area contributed by atoms with Gasteiger partial charge in [-0.1, -0.05) is 11.2 Å². The maximum atomic E-state index is 12.6. The molecule has 0 spiro atoms. The number of hydrogen-bond acceptors (Lipinski definition) is 8. The van der Waals surface area contributed by atoms with Crippen molar-refractivity contribution < 1.29 is 27.9 Å². The third-order valence-electron chi connectivity index (χ3n) is 5.00. The van der Waals surface area contributed by atoms with Gasteiger partial charge in [-0.2, -0.15) is 0 Å². The number of oxime groups is 1. The van der Waals surface area contributed by atoms with Crippen molar-refractivity contribution in [3.63, 3.8) is 0 Å². The monoisotopic (exact) mass is 458 g/mol. The van der Waals surface area contributed by atoms with Gasteiger partial charge in [0.2, 0.25) is 5.88 Å². The Morgan fingerprint density at radius 3 is 2.59 bits per heavy atom. The van der Waals surface area contributed by atoms with Crippen molar-refractivity contribution in [2.75, 3.05) is 12.9 Å². The molecule has 1 atom stereocenters. The molecule has 1 aromatic heterocycles. The second-order valence-corrected chi connectivity index (χ2v) is 9.46. The van der Waals surface area contributed by atoms with E-state index in [-0.39, 0.29) is 28.8 Å². The summed E-state index contributed by atoms with van der Waals surface area (Å²) in [6, 6.07) is 11.3. The highest BCUT2D eigenvalue weighted by Gasteiger charge is 2.29. The molecule has 1 N–H and O–H groups in total. The van der Waals surface area contributed by atoms with E-state index in [1.165, 1.54) is 12.1 Å². The molecule has 1 aliphatic carbocycles. The van der Waals surface area contributed by atoms with Crippen LogP contribution in [0.5, 0.6) is 11.6 Å². The number of carbonyl (C=O) groups is 1. The fraction of sp³-hybridized carbons (Fsp3) is 0.348. The standard InChI is InChI=1S/C23H26N2O6S/c1-3-30-24-13-5-6-19-21(26)14-16(15-22(19)27)20-7-4-8-23(25-20)31-17-9-11-18(12-10-17)32(2,28)29/h4,7-13,16,26H,3,5-6,14-15H2,1-2H3. The molecule has 8 nitrogen and oxygen atoms in total. The summed E-state index contributed by atoms with van der Waals surface area (Å²) >= 11 is 0. The fourth-order valence-corrected chi connectivity index (χ4v) is 4.04. The van der Waals surface area contributed by atoms with E-state index in [9.17, 15) is 18.3 Å². The third-order valence-corrected chi connectivity index (χ3v) is 6.12.